The number of nitrogens with zero attached hydrogens (tertiary/aromatic N) is 1. The van der Waals surface area contributed by atoms with Crippen molar-refractivity contribution >= 4 is 15.7 Å². The second-order valence-corrected chi connectivity index (χ2v) is 7.00. The fourth-order valence-corrected chi connectivity index (χ4v) is 3.79. The van der Waals surface area contributed by atoms with Crippen LogP contribution in [-0.4, -0.2) is 25.8 Å². The first-order valence-electron chi connectivity index (χ1n) is 6.79. The standard InChI is InChI=1S/C14H23FN2O2S/c1-5-10(3)9-17(6-2)20(18,19)14-8-12(16)7-13(15)11(14)4/h7-8,10H,5-6,9,16H2,1-4H3. The van der Waals surface area contributed by atoms with Gasteiger partial charge in [0.1, 0.15) is 5.82 Å². The molecular weight excluding hydrogens is 279 g/mol. The first-order valence-corrected chi connectivity index (χ1v) is 8.23. The molecule has 20 heavy (non-hydrogen) atoms. The van der Waals surface area contributed by atoms with E-state index < -0.39 is 15.8 Å². The number of benzene rings is 1. The van der Waals surface area contributed by atoms with Crippen molar-refractivity contribution in [3.05, 3.63) is 23.5 Å². The van der Waals surface area contributed by atoms with Gasteiger partial charge in [-0.05, 0) is 25.0 Å². The van der Waals surface area contributed by atoms with E-state index in [0.29, 0.717) is 13.1 Å². The van der Waals surface area contributed by atoms with Crippen LogP contribution >= 0.6 is 0 Å². The normalized spacial score (nSPS) is 13.7. The van der Waals surface area contributed by atoms with Crippen molar-refractivity contribution in [2.75, 3.05) is 18.8 Å². The van der Waals surface area contributed by atoms with Crippen molar-refractivity contribution in [1.82, 2.24) is 4.31 Å². The highest BCUT2D eigenvalue weighted by Crippen LogP contribution is 2.25. The molecule has 6 heteroatoms. The number of hydrogen-bond donors (Lipinski definition) is 1. The molecule has 1 unspecified atom stereocenters. The maximum absolute atomic E-state index is 13.7. The Kier molecular flexibility index (Phi) is 5.53. The van der Waals surface area contributed by atoms with Gasteiger partial charge in [-0.3, -0.25) is 0 Å². The van der Waals surface area contributed by atoms with Crippen LogP contribution in [0.2, 0.25) is 0 Å². The van der Waals surface area contributed by atoms with Crippen molar-refractivity contribution in [1.29, 1.82) is 0 Å². The van der Waals surface area contributed by atoms with Crippen molar-refractivity contribution in [2.45, 2.75) is 39.0 Å². The Bertz CT molecular complexity index is 573. The fraction of sp³-hybridized carbons (Fsp3) is 0.571. The second-order valence-electron chi connectivity index (χ2n) is 5.09. The molecule has 0 aromatic heterocycles. The quantitative estimate of drug-likeness (QED) is 0.822. The summed E-state index contributed by atoms with van der Waals surface area (Å²) in [6, 6.07) is 2.46. The molecule has 1 rings (SSSR count). The second kappa shape index (κ2) is 6.54. The van der Waals surface area contributed by atoms with Gasteiger partial charge in [0.2, 0.25) is 10.0 Å². The molecule has 1 aromatic carbocycles. The average Bonchev–Trinajstić information content (AvgIpc) is 2.39. The smallest absolute Gasteiger partial charge is 0.243 e. The summed E-state index contributed by atoms with van der Waals surface area (Å²) in [6.45, 7) is 8.01. The molecule has 2 N–H and O–H groups in total. The summed E-state index contributed by atoms with van der Waals surface area (Å²) in [7, 11) is -3.72. The summed E-state index contributed by atoms with van der Waals surface area (Å²) in [4.78, 5) is -0.0415. The van der Waals surface area contributed by atoms with Crippen molar-refractivity contribution in [3.63, 3.8) is 0 Å². The molecule has 0 bridgehead atoms. The molecule has 0 saturated heterocycles. The number of hydrogen-bond acceptors (Lipinski definition) is 3. The third-order valence-corrected chi connectivity index (χ3v) is 5.57. The lowest BCUT2D eigenvalue weighted by molar-refractivity contribution is 0.361. The molecule has 0 fully saturated rings. The van der Waals surface area contributed by atoms with Gasteiger partial charge in [-0.2, -0.15) is 4.31 Å². The van der Waals surface area contributed by atoms with E-state index in [2.05, 4.69) is 0 Å². The van der Waals surface area contributed by atoms with Crippen LogP contribution in [0, 0.1) is 18.7 Å². The lowest BCUT2D eigenvalue weighted by atomic mass is 10.1. The third kappa shape index (κ3) is 3.49. The molecule has 1 atom stereocenters. The molecule has 0 heterocycles. The first kappa shape index (κ1) is 16.9. The minimum atomic E-state index is -3.72. The zero-order chi connectivity index (χ0) is 15.5. The monoisotopic (exact) mass is 302 g/mol. The van der Waals surface area contributed by atoms with Gasteiger partial charge in [0.15, 0.2) is 0 Å². The van der Waals surface area contributed by atoms with Crippen LogP contribution in [-0.2, 0) is 10.0 Å². The third-order valence-electron chi connectivity index (χ3n) is 3.50. The number of sulfonamides is 1. The Morgan fingerprint density at radius 1 is 1.35 bits per heavy atom. The van der Waals surface area contributed by atoms with Crippen LogP contribution in [0.15, 0.2) is 17.0 Å². The van der Waals surface area contributed by atoms with Gasteiger partial charge >= 0.3 is 0 Å². The Morgan fingerprint density at radius 2 is 1.95 bits per heavy atom. The van der Waals surface area contributed by atoms with E-state index in [1.165, 1.54) is 17.3 Å². The maximum atomic E-state index is 13.7. The van der Waals surface area contributed by atoms with Crippen LogP contribution in [0.3, 0.4) is 0 Å². The molecule has 1 aromatic rings. The van der Waals surface area contributed by atoms with Crippen LogP contribution in [0.4, 0.5) is 10.1 Å². The van der Waals surface area contributed by atoms with Crippen molar-refractivity contribution < 1.29 is 12.8 Å². The van der Waals surface area contributed by atoms with Gasteiger partial charge in [-0.1, -0.05) is 27.2 Å². The number of nitrogen functional groups attached to an aromatic ring is 1. The predicted octanol–water partition coefficient (Wildman–Crippen LogP) is 2.77. The maximum Gasteiger partial charge on any atom is 0.243 e. The predicted molar refractivity (Wildman–Crippen MR) is 79.4 cm³/mol. The van der Waals surface area contributed by atoms with Gasteiger partial charge in [0.25, 0.3) is 0 Å². The van der Waals surface area contributed by atoms with E-state index in [1.807, 2.05) is 13.8 Å². The summed E-state index contributed by atoms with van der Waals surface area (Å²) in [5.74, 6) is -0.348. The van der Waals surface area contributed by atoms with Gasteiger partial charge < -0.3 is 5.73 Å². The van der Waals surface area contributed by atoms with E-state index in [-0.39, 0.29) is 22.1 Å². The summed E-state index contributed by atoms with van der Waals surface area (Å²) >= 11 is 0. The molecule has 4 nitrogen and oxygen atoms in total. The highest BCUT2D eigenvalue weighted by atomic mass is 32.2. The molecule has 0 spiro atoms. The minimum absolute atomic E-state index is 0.0415. The van der Waals surface area contributed by atoms with E-state index >= 15 is 0 Å². The van der Waals surface area contributed by atoms with Gasteiger partial charge in [-0.15, -0.1) is 0 Å². The van der Waals surface area contributed by atoms with Gasteiger partial charge in [0, 0.05) is 24.3 Å². The SMILES string of the molecule is CCC(C)CN(CC)S(=O)(=O)c1cc(N)cc(F)c1C. The summed E-state index contributed by atoms with van der Waals surface area (Å²) < 4.78 is 40.4. The summed E-state index contributed by atoms with van der Waals surface area (Å²) in [6.07, 6.45) is 0.885. The van der Waals surface area contributed by atoms with Crippen molar-refractivity contribution in [3.8, 4) is 0 Å². The van der Waals surface area contributed by atoms with Crippen LogP contribution in [0.5, 0.6) is 0 Å². The molecule has 0 saturated carbocycles. The summed E-state index contributed by atoms with van der Waals surface area (Å²) in [5, 5.41) is 0. The van der Waals surface area contributed by atoms with Gasteiger partial charge in [0.05, 0.1) is 4.90 Å². The number of rotatable bonds is 6. The molecule has 0 radical (unpaired) electrons. The fourth-order valence-electron chi connectivity index (χ4n) is 1.95. The zero-order valence-electron chi connectivity index (χ0n) is 12.5. The Hall–Kier alpha value is -1.14. The number of anilines is 1. The van der Waals surface area contributed by atoms with Crippen LogP contribution in [0.1, 0.15) is 32.8 Å². The lowest BCUT2D eigenvalue weighted by Gasteiger charge is -2.24. The minimum Gasteiger partial charge on any atom is -0.399 e. The number of halogens is 1. The van der Waals surface area contributed by atoms with E-state index in [1.54, 1.807) is 6.92 Å². The lowest BCUT2D eigenvalue weighted by Crippen LogP contribution is -2.35. The first-order chi connectivity index (χ1) is 9.23. The molecule has 0 aliphatic heterocycles. The highest BCUT2D eigenvalue weighted by molar-refractivity contribution is 7.89. The Labute approximate surface area is 120 Å². The Balaban J connectivity index is 3.27. The van der Waals surface area contributed by atoms with Crippen LogP contribution in [0.25, 0.3) is 0 Å². The largest absolute Gasteiger partial charge is 0.399 e. The molecule has 114 valence electrons. The van der Waals surface area contributed by atoms with E-state index in [0.717, 1.165) is 12.5 Å². The highest BCUT2D eigenvalue weighted by Gasteiger charge is 2.27. The molecular formula is C14H23FN2O2S. The summed E-state index contributed by atoms with van der Waals surface area (Å²) in [5.41, 5.74) is 5.80. The van der Waals surface area contributed by atoms with Crippen LogP contribution < -0.4 is 5.73 Å². The van der Waals surface area contributed by atoms with Crippen molar-refractivity contribution in [2.24, 2.45) is 5.92 Å². The zero-order valence-corrected chi connectivity index (χ0v) is 13.3. The molecule has 0 aliphatic carbocycles. The molecule has 0 amide bonds. The molecule has 0 aliphatic rings. The van der Waals surface area contributed by atoms with E-state index in [9.17, 15) is 12.8 Å². The number of nitrogens with two attached hydrogens (primary N) is 1. The average molecular weight is 302 g/mol. The van der Waals surface area contributed by atoms with Gasteiger partial charge in [-0.25, -0.2) is 12.8 Å². The Morgan fingerprint density at radius 3 is 2.45 bits per heavy atom. The van der Waals surface area contributed by atoms with E-state index in [4.69, 9.17) is 5.73 Å². The topological polar surface area (TPSA) is 63.4 Å².